The van der Waals surface area contributed by atoms with Gasteiger partial charge in [0, 0.05) is 7.05 Å². The number of aliphatic hydroxyl groups is 1. The Labute approximate surface area is 73.1 Å². The number of aliphatic hydroxyl groups excluding tert-OH is 1. The summed E-state index contributed by atoms with van der Waals surface area (Å²) in [7, 11) is 1.73. The van der Waals surface area contributed by atoms with Gasteiger partial charge in [-0.25, -0.2) is 5.06 Å². The molecule has 0 bridgehead atoms. The molecule has 0 aliphatic heterocycles. The largest absolute Gasteiger partial charge is 0.494 e. The molecule has 0 amide bonds. The van der Waals surface area contributed by atoms with E-state index in [4.69, 9.17) is 9.94 Å². The van der Waals surface area contributed by atoms with Crippen LogP contribution in [0.4, 0.5) is 0 Å². The lowest BCUT2D eigenvalue weighted by molar-refractivity contribution is -0.0797. The quantitative estimate of drug-likeness (QED) is 0.304. The summed E-state index contributed by atoms with van der Waals surface area (Å²) in [5, 5.41) is 10.2. The Morgan fingerprint density at radius 1 is 1.67 bits per heavy atom. The smallest absolute Gasteiger partial charge is 0.204 e. The highest BCUT2D eigenvalue weighted by Crippen LogP contribution is 1.94. The summed E-state index contributed by atoms with van der Waals surface area (Å²) in [5.74, 6) is 0.371. The zero-order chi connectivity index (χ0) is 9.56. The van der Waals surface area contributed by atoms with Crippen molar-refractivity contribution in [3.05, 3.63) is 12.5 Å². The summed E-state index contributed by atoms with van der Waals surface area (Å²) in [6.45, 7) is 7.64. The third kappa shape index (κ3) is 4.73. The van der Waals surface area contributed by atoms with E-state index in [1.54, 1.807) is 14.0 Å². The average molecular weight is 172 g/mol. The van der Waals surface area contributed by atoms with E-state index < -0.39 is 0 Å². The highest BCUT2D eigenvalue weighted by Gasteiger charge is 1.99. The first-order valence-electron chi connectivity index (χ1n) is 3.87. The van der Waals surface area contributed by atoms with Crippen LogP contribution >= 0.6 is 0 Å². The monoisotopic (exact) mass is 172 g/mol. The first-order valence-corrected chi connectivity index (χ1v) is 3.87. The van der Waals surface area contributed by atoms with Crippen LogP contribution in [0.5, 0.6) is 0 Å². The van der Waals surface area contributed by atoms with Gasteiger partial charge in [-0.1, -0.05) is 6.92 Å². The van der Waals surface area contributed by atoms with Gasteiger partial charge >= 0.3 is 0 Å². The zero-order valence-corrected chi connectivity index (χ0v) is 7.87. The molecule has 0 aliphatic rings. The molecule has 4 heteroatoms. The Hall–Kier alpha value is -1.03. The van der Waals surface area contributed by atoms with Crippen LogP contribution in [0.1, 0.15) is 20.3 Å². The van der Waals surface area contributed by atoms with Crippen molar-refractivity contribution < 1.29 is 9.94 Å². The lowest BCUT2D eigenvalue weighted by atomic mass is 10.5. The van der Waals surface area contributed by atoms with Crippen LogP contribution in [0, 0.1) is 0 Å². The predicted octanol–water partition coefficient (Wildman–Crippen LogP) is 1.71. The Balaban J connectivity index is 3.91. The van der Waals surface area contributed by atoms with E-state index in [-0.39, 0.29) is 5.88 Å². The normalized spacial score (nSPS) is 11.4. The topological polar surface area (TPSA) is 45.1 Å². The first-order chi connectivity index (χ1) is 5.57. The third-order valence-electron chi connectivity index (χ3n) is 1.24. The van der Waals surface area contributed by atoms with Crippen molar-refractivity contribution in [3.63, 3.8) is 0 Å². The molecule has 0 aromatic rings. The number of hydroxylamine groups is 2. The van der Waals surface area contributed by atoms with Crippen LogP contribution in [0.25, 0.3) is 0 Å². The summed E-state index contributed by atoms with van der Waals surface area (Å²) in [6, 6.07) is 0. The van der Waals surface area contributed by atoms with Crippen molar-refractivity contribution in [2.24, 2.45) is 4.99 Å². The van der Waals surface area contributed by atoms with E-state index in [0.717, 1.165) is 6.42 Å². The molecular weight excluding hydrogens is 156 g/mol. The minimum atomic E-state index is -0.209. The molecule has 12 heavy (non-hydrogen) atoms. The molecule has 0 atom stereocenters. The molecule has 0 rings (SSSR count). The Morgan fingerprint density at radius 2 is 2.25 bits per heavy atom. The van der Waals surface area contributed by atoms with Gasteiger partial charge in [0.05, 0.1) is 6.61 Å². The van der Waals surface area contributed by atoms with Crippen LogP contribution in [0.3, 0.4) is 0 Å². The van der Waals surface area contributed by atoms with Gasteiger partial charge in [-0.15, -0.1) is 0 Å². The second-order valence-corrected chi connectivity index (χ2v) is 2.41. The van der Waals surface area contributed by atoms with E-state index in [1.807, 2.05) is 6.92 Å². The number of hydrogen-bond donors (Lipinski definition) is 1. The number of rotatable bonds is 4. The Bertz CT molecular complexity index is 178. The van der Waals surface area contributed by atoms with Crippen molar-refractivity contribution >= 4 is 5.84 Å². The van der Waals surface area contributed by atoms with E-state index >= 15 is 0 Å². The fourth-order valence-electron chi connectivity index (χ4n) is 0.579. The zero-order valence-electron chi connectivity index (χ0n) is 7.87. The predicted molar refractivity (Wildman–Crippen MR) is 48.9 cm³/mol. The molecule has 4 nitrogen and oxygen atoms in total. The maximum Gasteiger partial charge on any atom is 0.204 e. The van der Waals surface area contributed by atoms with Gasteiger partial charge in [-0.3, -0.25) is 4.84 Å². The highest BCUT2D eigenvalue weighted by atomic mass is 16.7. The number of nitrogens with zero attached hydrogens (tertiary/aromatic N) is 2. The van der Waals surface area contributed by atoms with Crippen LogP contribution in [-0.2, 0) is 4.84 Å². The first kappa shape index (κ1) is 11.0. The summed E-state index contributed by atoms with van der Waals surface area (Å²) in [4.78, 5) is 8.91. The van der Waals surface area contributed by atoms with Gasteiger partial charge < -0.3 is 5.11 Å². The number of hydrogen-bond acceptors (Lipinski definition) is 3. The molecule has 70 valence electrons. The van der Waals surface area contributed by atoms with Gasteiger partial charge in [0.25, 0.3) is 0 Å². The van der Waals surface area contributed by atoms with Gasteiger partial charge in [0.15, 0.2) is 0 Å². The van der Waals surface area contributed by atoms with Gasteiger partial charge in [0.2, 0.25) is 5.88 Å². The van der Waals surface area contributed by atoms with Crippen LogP contribution in [-0.4, -0.2) is 29.7 Å². The summed E-state index contributed by atoms with van der Waals surface area (Å²) < 4.78 is 0. The van der Waals surface area contributed by atoms with E-state index in [1.165, 1.54) is 5.06 Å². The molecule has 0 saturated heterocycles. The maximum absolute atomic E-state index is 8.73. The summed E-state index contributed by atoms with van der Waals surface area (Å²) >= 11 is 0. The average Bonchev–Trinajstić information content (AvgIpc) is 1.98. The molecule has 0 radical (unpaired) electrons. The summed E-state index contributed by atoms with van der Waals surface area (Å²) in [5.41, 5.74) is 0. The molecule has 0 heterocycles. The maximum atomic E-state index is 8.73. The second kappa shape index (κ2) is 5.60. The Kier molecular flexibility index (Phi) is 5.12. The molecule has 0 aliphatic carbocycles. The molecular formula is C8H16N2O2. The highest BCUT2D eigenvalue weighted by molar-refractivity contribution is 5.79. The van der Waals surface area contributed by atoms with E-state index in [0.29, 0.717) is 12.4 Å². The molecule has 0 aromatic heterocycles. The van der Waals surface area contributed by atoms with Crippen molar-refractivity contribution in [1.29, 1.82) is 0 Å². The van der Waals surface area contributed by atoms with Gasteiger partial charge in [0.1, 0.15) is 5.84 Å². The van der Waals surface area contributed by atoms with Gasteiger partial charge in [-0.2, -0.15) is 4.99 Å². The lowest BCUT2D eigenvalue weighted by Gasteiger charge is -2.16. The number of amidine groups is 1. The molecule has 0 saturated carbocycles. The molecule has 0 spiro atoms. The molecule has 0 aromatic carbocycles. The molecule has 0 fully saturated rings. The fraction of sp³-hybridized carbons (Fsp3) is 0.625. The van der Waals surface area contributed by atoms with Crippen LogP contribution in [0.2, 0.25) is 0 Å². The van der Waals surface area contributed by atoms with Crippen molar-refractivity contribution in [1.82, 2.24) is 5.06 Å². The summed E-state index contributed by atoms with van der Waals surface area (Å²) in [6.07, 6.45) is 0.942. The van der Waals surface area contributed by atoms with E-state index in [9.17, 15) is 0 Å². The fourth-order valence-corrected chi connectivity index (χ4v) is 0.579. The minimum Gasteiger partial charge on any atom is -0.494 e. The minimum absolute atomic E-state index is 0.209. The number of aliphatic imine (C=N–C) groups is 1. The van der Waals surface area contributed by atoms with Crippen molar-refractivity contribution in [2.45, 2.75) is 20.3 Å². The van der Waals surface area contributed by atoms with E-state index in [2.05, 4.69) is 11.6 Å². The standard InChI is InChI=1S/C8H16N2O2/c1-5-6-12-10(4)7(2)9-8(3)11/h11H,3,5-6H2,1-2,4H3. The lowest BCUT2D eigenvalue weighted by Crippen LogP contribution is -2.25. The second-order valence-electron chi connectivity index (χ2n) is 2.41. The molecule has 0 unspecified atom stereocenters. The Morgan fingerprint density at radius 3 is 2.67 bits per heavy atom. The van der Waals surface area contributed by atoms with Crippen LogP contribution in [0.15, 0.2) is 17.5 Å². The van der Waals surface area contributed by atoms with Crippen molar-refractivity contribution in [3.8, 4) is 0 Å². The van der Waals surface area contributed by atoms with Gasteiger partial charge in [-0.05, 0) is 19.9 Å². The van der Waals surface area contributed by atoms with Crippen LogP contribution < -0.4 is 0 Å². The SMILES string of the molecule is C=C(O)N=C(C)N(C)OCCC. The third-order valence-corrected chi connectivity index (χ3v) is 1.24. The molecule has 1 N–H and O–H groups in total. The van der Waals surface area contributed by atoms with Crippen molar-refractivity contribution in [2.75, 3.05) is 13.7 Å².